The number of amides is 2. The van der Waals surface area contributed by atoms with Crippen molar-refractivity contribution in [1.29, 1.82) is 0 Å². The van der Waals surface area contributed by atoms with Crippen LogP contribution in [0, 0.1) is 12.8 Å². The number of carbonyl (C=O) groups is 2. The summed E-state index contributed by atoms with van der Waals surface area (Å²) in [4.78, 5) is 30.0. The van der Waals surface area contributed by atoms with Crippen molar-refractivity contribution in [2.45, 2.75) is 32.7 Å². The van der Waals surface area contributed by atoms with E-state index in [-0.39, 0.29) is 23.8 Å². The molecule has 0 spiro atoms. The Balaban J connectivity index is 1.82. The van der Waals surface area contributed by atoms with Gasteiger partial charge in [0, 0.05) is 36.6 Å². The van der Waals surface area contributed by atoms with Gasteiger partial charge in [0.15, 0.2) is 11.5 Å². The summed E-state index contributed by atoms with van der Waals surface area (Å²) in [6, 6.07) is 6.79. The second-order valence-electron chi connectivity index (χ2n) is 7.56. The van der Waals surface area contributed by atoms with Gasteiger partial charge in [-0.25, -0.2) is 0 Å². The molecule has 0 saturated carbocycles. The molecule has 1 unspecified atom stereocenters. The summed E-state index contributed by atoms with van der Waals surface area (Å²) in [5, 5.41) is 5.86. The van der Waals surface area contributed by atoms with E-state index in [0.29, 0.717) is 48.8 Å². The first-order chi connectivity index (χ1) is 14.9. The average molecular weight is 428 g/mol. The third kappa shape index (κ3) is 5.52. The highest BCUT2D eigenvalue weighted by Crippen LogP contribution is 2.37. The van der Waals surface area contributed by atoms with Crippen LogP contribution < -0.4 is 20.1 Å². The fourth-order valence-electron chi connectivity index (χ4n) is 3.48. The van der Waals surface area contributed by atoms with Crippen LogP contribution >= 0.6 is 0 Å². The number of anilines is 1. The minimum absolute atomic E-state index is 0.125. The zero-order valence-electron chi connectivity index (χ0n) is 18.4. The van der Waals surface area contributed by atoms with E-state index < -0.39 is 0 Å². The van der Waals surface area contributed by atoms with Crippen LogP contribution in [0.5, 0.6) is 11.5 Å². The van der Waals surface area contributed by atoms with Gasteiger partial charge in [0.2, 0.25) is 5.91 Å². The van der Waals surface area contributed by atoms with Crippen LogP contribution in [0.25, 0.3) is 0 Å². The van der Waals surface area contributed by atoms with Crippen LogP contribution in [0.2, 0.25) is 0 Å². The van der Waals surface area contributed by atoms with Crippen LogP contribution in [-0.4, -0.2) is 44.2 Å². The van der Waals surface area contributed by atoms with Crippen LogP contribution in [0.3, 0.4) is 0 Å². The van der Waals surface area contributed by atoms with Gasteiger partial charge in [0.25, 0.3) is 5.91 Å². The molecule has 2 aromatic rings. The number of aromatic nitrogens is 1. The molecule has 1 aromatic heterocycles. The average Bonchev–Trinajstić information content (AvgIpc) is 2.79. The van der Waals surface area contributed by atoms with Gasteiger partial charge in [0.05, 0.1) is 25.9 Å². The summed E-state index contributed by atoms with van der Waals surface area (Å²) in [5.74, 6) is 0.171. The Morgan fingerprint density at radius 1 is 1.16 bits per heavy atom. The number of ether oxygens (including phenoxy) is 3. The number of aryl methyl sites for hydroxylation is 1. The molecule has 8 nitrogen and oxygen atoms in total. The summed E-state index contributed by atoms with van der Waals surface area (Å²) >= 11 is 0. The predicted octanol–water partition coefficient (Wildman–Crippen LogP) is 3.26. The van der Waals surface area contributed by atoms with E-state index in [1.54, 1.807) is 18.3 Å². The molecule has 8 heteroatoms. The molecule has 0 aliphatic carbocycles. The summed E-state index contributed by atoms with van der Waals surface area (Å²) < 4.78 is 16.2. The SMILES string of the molecule is COc1cc(C(=O)NC(C)c2ccc(C)nc2)cc(NC(=O)C2CCOCC2)c1OC. The molecule has 31 heavy (non-hydrogen) atoms. The fraction of sp³-hybridized carbons (Fsp3) is 0.435. The number of pyridine rings is 1. The zero-order valence-corrected chi connectivity index (χ0v) is 18.4. The van der Waals surface area contributed by atoms with Gasteiger partial charge < -0.3 is 24.8 Å². The molecule has 3 rings (SSSR count). The zero-order chi connectivity index (χ0) is 22.4. The maximum absolute atomic E-state index is 12.9. The monoisotopic (exact) mass is 427 g/mol. The minimum atomic E-state index is -0.296. The van der Waals surface area contributed by atoms with E-state index in [4.69, 9.17) is 14.2 Å². The van der Waals surface area contributed by atoms with Crippen LogP contribution in [0.15, 0.2) is 30.5 Å². The van der Waals surface area contributed by atoms with E-state index in [9.17, 15) is 9.59 Å². The number of carbonyl (C=O) groups excluding carboxylic acids is 2. The van der Waals surface area contributed by atoms with Crippen LogP contribution in [0.1, 0.15) is 47.4 Å². The van der Waals surface area contributed by atoms with Crippen molar-refractivity contribution in [3.63, 3.8) is 0 Å². The highest BCUT2D eigenvalue weighted by Gasteiger charge is 2.24. The number of hydrogen-bond acceptors (Lipinski definition) is 6. The molecule has 0 radical (unpaired) electrons. The Morgan fingerprint density at radius 3 is 2.52 bits per heavy atom. The Labute approximate surface area is 182 Å². The molecule has 1 aliphatic heterocycles. The normalized spacial score (nSPS) is 15.1. The van der Waals surface area contributed by atoms with Gasteiger partial charge in [-0.2, -0.15) is 0 Å². The van der Waals surface area contributed by atoms with Crippen molar-refractivity contribution in [1.82, 2.24) is 10.3 Å². The third-order valence-electron chi connectivity index (χ3n) is 5.37. The molecular weight excluding hydrogens is 398 g/mol. The summed E-state index contributed by atoms with van der Waals surface area (Å²) in [6.07, 6.45) is 3.07. The molecule has 1 fully saturated rings. The number of benzene rings is 1. The molecule has 1 atom stereocenters. The molecule has 0 bridgehead atoms. The van der Waals surface area contributed by atoms with E-state index >= 15 is 0 Å². The second-order valence-corrected chi connectivity index (χ2v) is 7.56. The first kappa shape index (κ1) is 22.6. The Bertz CT molecular complexity index is 924. The Hall–Kier alpha value is -3.13. The van der Waals surface area contributed by atoms with Gasteiger partial charge in [-0.15, -0.1) is 0 Å². The topological polar surface area (TPSA) is 98.8 Å². The molecule has 166 valence electrons. The summed E-state index contributed by atoms with van der Waals surface area (Å²) in [6.45, 7) is 4.92. The third-order valence-corrected chi connectivity index (χ3v) is 5.37. The van der Waals surface area contributed by atoms with Crippen molar-refractivity contribution in [3.05, 3.63) is 47.3 Å². The first-order valence-corrected chi connectivity index (χ1v) is 10.3. The lowest BCUT2D eigenvalue weighted by atomic mass is 9.99. The molecular formula is C23H29N3O5. The number of hydrogen-bond donors (Lipinski definition) is 2. The number of nitrogens with one attached hydrogen (secondary N) is 2. The standard InChI is InChI=1S/C23H29N3O5/c1-14-5-6-17(13-24-14)15(2)25-23(28)18-11-19(21(30-4)20(12-18)29-3)26-22(27)16-7-9-31-10-8-16/h5-6,11-13,15-16H,7-10H2,1-4H3,(H,25,28)(H,26,27). The predicted molar refractivity (Wildman–Crippen MR) is 117 cm³/mol. The fourth-order valence-corrected chi connectivity index (χ4v) is 3.48. The van der Waals surface area contributed by atoms with E-state index in [1.807, 2.05) is 26.0 Å². The van der Waals surface area contributed by atoms with Crippen LogP contribution in [-0.2, 0) is 9.53 Å². The minimum Gasteiger partial charge on any atom is -0.493 e. The molecule has 1 aliphatic rings. The highest BCUT2D eigenvalue weighted by molar-refractivity contribution is 6.00. The molecule has 1 aromatic carbocycles. The Kier molecular flexibility index (Phi) is 7.46. The molecule has 2 N–H and O–H groups in total. The summed E-state index contributed by atoms with van der Waals surface area (Å²) in [7, 11) is 2.98. The summed E-state index contributed by atoms with van der Waals surface area (Å²) in [5.41, 5.74) is 2.56. The lowest BCUT2D eigenvalue weighted by Crippen LogP contribution is -2.29. The van der Waals surface area contributed by atoms with Gasteiger partial charge >= 0.3 is 0 Å². The van der Waals surface area contributed by atoms with Gasteiger partial charge in [0.1, 0.15) is 0 Å². The quantitative estimate of drug-likeness (QED) is 0.704. The van der Waals surface area contributed by atoms with Crippen molar-refractivity contribution in [3.8, 4) is 11.5 Å². The number of nitrogens with zero attached hydrogens (tertiary/aromatic N) is 1. The largest absolute Gasteiger partial charge is 0.493 e. The van der Waals surface area contributed by atoms with E-state index in [0.717, 1.165) is 11.3 Å². The highest BCUT2D eigenvalue weighted by atomic mass is 16.5. The van der Waals surface area contributed by atoms with Crippen molar-refractivity contribution >= 4 is 17.5 Å². The smallest absolute Gasteiger partial charge is 0.251 e. The van der Waals surface area contributed by atoms with Crippen molar-refractivity contribution < 1.29 is 23.8 Å². The molecule has 2 heterocycles. The maximum Gasteiger partial charge on any atom is 0.251 e. The number of methoxy groups -OCH3 is 2. The van der Waals surface area contributed by atoms with E-state index in [1.165, 1.54) is 14.2 Å². The van der Waals surface area contributed by atoms with Crippen LogP contribution in [0.4, 0.5) is 5.69 Å². The van der Waals surface area contributed by atoms with Crippen molar-refractivity contribution in [2.75, 3.05) is 32.8 Å². The maximum atomic E-state index is 12.9. The van der Waals surface area contributed by atoms with Crippen molar-refractivity contribution in [2.24, 2.45) is 5.92 Å². The molecule has 2 amide bonds. The molecule has 1 saturated heterocycles. The van der Waals surface area contributed by atoms with E-state index in [2.05, 4.69) is 15.6 Å². The van der Waals surface area contributed by atoms with Gasteiger partial charge in [-0.05, 0) is 50.5 Å². The Morgan fingerprint density at radius 2 is 1.90 bits per heavy atom. The lowest BCUT2D eigenvalue weighted by molar-refractivity contribution is -0.122. The first-order valence-electron chi connectivity index (χ1n) is 10.3. The lowest BCUT2D eigenvalue weighted by Gasteiger charge is -2.22. The van der Waals surface area contributed by atoms with Gasteiger partial charge in [-0.3, -0.25) is 14.6 Å². The van der Waals surface area contributed by atoms with Gasteiger partial charge in [-0.1, -0.05) is 6.07 Å². The number of rotatable bonds is 7. The second kappa shape index (κ2) is 10.3.